The second-order valence-electron chi connectivity index (χ2n) is 5.48. The molecule has 1 aromatic rings. The molecule has 2 N–H and O–H groups in total. The molecule has 1 aliphatic heterocycles. The Kier molecular flexibility index (Phi) is 7.36. The molecule has 0 spiro atoms. The normalized spacial score (nSPS) is 18.1. The Morgan fingerprint density at radius 2 is 2.23 bits per heavy atom. The molecule has 1 aliphatic rings. The Morgan fingerprint density at radius 1 is 1.36 bits per heavy atom. The van der Waals surface area contributed by atoms with Gasteiger partial charge in [-0.1, -0.05) is 12.1 Å². The SMILES string of the molecule is CCOCCOCc1cccc(NC(=O)C2CCCNC2)c1. The first kappa shape index (κ1) is 16.9. The van der Waals surface area contributed by atoms with Crippen molar-refractivity contribution in [1.29, 1.82) is 0 Å². The Bertz CT molecular complexity index is 459. The zero-order chi connectivity index (χ0) is 15.6. The highest BCUT2D eigenvalue weighted by Gasteiger charge is 2.20. The number of nitrogens with one attached hydrogen (secondary N) is 2. The van der Waals surface area contributed by atoms with E-state index in [-0.39, 0.29) is 11.8 Å². The number of carbonyl (C=O) groups is 1. The van der Waals surface area contributed by atoms with Crippen molar-refractivity contribution in [2.45, 2.75) is 26.4 Å². The average Bonchev–Trinajstić information content (AvgIpc) is 2.56. The number of hydrogen-bond donors (Lipinski definition) is 2. The maximum Gasteiger partial charge on any atom is 0.228 e. The number of piperidine rings is 1. The van der Waals surface area contributed by atoms with Crippen LogP contribution < -0.4 is 10.6 Å². The van der Waals surface area contributed by atoms with Crippen LogP contribution in [0.1, 0.15) is 25.3 Å². The zero-order valence-electron chi connectivity index (χ0n) is 13.3. The first-order chi connectivity index (χ1) is 10.8. The molecule has 1 saturated heterocycles. The van der Waals surface area contributed by atoms with Gasteiger partial charge in [0.25, 0.3) is 0 Å². The summed E-state index contributed by atoms with van der Waals surface area (Å²) in [7, 11) is 0. The van der Waals surface area contributed by atoms with E-state index in [0.29, 0.717) is 26.4 Å². The summed E-state index contributed by atoms with van der Waals surface area (Å²) < 4.78 is 10.8. The molecule has 0 aliphatic carbocycles. The van der Waals surface area contributed by atoms with E-state index in [2.05, 4.69) is 10.6 Å². The second-order valence-corrected chi connectivity index (χ2v) is 5.48. The quantitative estimate of drug-likeness (QED) is 0.723. The van der Waals surface area contributed by atoms with E-state index in [1.165, 1.54) is 0 Å². The van der Waals surface area contributed by atoms with Crippen molar-refractivity contribution in [3.8, 4) is 0 Å². The van der Waals surface area contributed by atoms with E-state index >= 15 is 0 Å². The van der Waals surface area contributed by atoms with E-state index in [1.54, 1.807) is 0 Å². The van der Waals surface area contributed by atoms with Gasteiger partial charge in [-0.3, -0.25) is 4.79 Å². The van der Waals surface area contributed by atoms with E-state index in [9.17, 15) is 4.79 Å². The highest BCUT2D eigenvalue weighted by molar-refractivity contribution is 5.92. The van der Waals surface area contributed by atoms with Gasteiger partial charge in [-0.2, -0.15) is 0 Å². The van der Waals surface area contributed by atoms with Crippen LogP contribution in [0.4, 0.5) is 5.69 Å². The third kappa shape index (κ3) is 5.75. The fraction of sp³-hybridized carbons (Fsp3) is 0.588. The van der Waals surface area contributed by atoms with Crippen molar-refractivity contribution >= 4 is 11.6 Å². The summed E-state index contributed by atoms with van der Waals surface area (Å²) in [6.07, 6.45) is 2.02. The van der Waals surface area contributed by atoms with Gasteiger partial charge >= 0.3 is 0 Å². The number of benzene rings is 1. The molecule has 0 saturated carbocycles. The Hall–Kier alpha value is -1.43. The van der Waals surface area contributed by atoms with Gasteiger partial charge in [0.1, 0.15) is 0 Å². The lowest BCUT2D eigenvalue weighted by Gasteiger charge is -2.22. The lowest BCUT2D eigenvalue weighted by molar-refractivity contribution is -0.120. The van der Waals surface area contributed by atoms with Crippen LogP contribution in [0.3, 0.4) is 0 Å². The van der Waals surface area contributed by atoms with Crippen LogP contribution in [-0.2, 0) is 20.9 Å². The van der Waals surface area contributed by atoms with Gasteiger partial charge in [0.2, 0.25) is 5.91 Å². The number of anilines is 1. The number of carbonyl (C=O) groups excluding carboxylic acids is 1. The molecule has 1 fully saturated rings. The third-order valence-corrected chi connectivity index (χ3v) is 3.71. The number of ether oxygens (including phenoxy) is 2. The number of hydrogen-bond acceptors (Lipinski definition) is 4. The minimum atomic E-state index is 0.0693. The minimum absolute atomic E-state index is 0.0693. The summed E-state index contributed by atoms with van der Waals surface area (Å²) in [6, 6.07) is 7.82. The lowest BCUT2D eigenvalue weighted by atomic mass is 9.99. The van der Waals surface area contributed by atoms with Crippen LogP contribution in [0.2, 0.25) is 0 Å². The number of amides is 1. The molecule has 1 unspecified atom stereocenters. The maximum atomic E-state index is 12.2. The molecule has 0 radical (unpaired) electrons. The van der Waals surface area contributed by atoms with Crippen LogP contribution >= 0.6 is 0 Å². The average molecular weight is 306 g/mol. The van der Waals surface area contributed by atoms with Crippen LogP contribution in [-0.4, -0.2) is 38.8 Å². The Balaban J connectivity index is 1.78. The van der Waals surface area contributed by atoms with Crippen molar-refractivity contribution in [1.82, 2.24) is 5.32 Å². The smallest absolute Gasteiger partial charge is 0.228 e. The molecule has 5 nitrogen and oxygen atoms in total. The predicted octanol–water partition coefficient (Wildman–Crippen LogP) is 2.18. The summed E-state index contributed by atoms with van der Waals surface area (Å²) in [5.41, 5.74) is 1.89. The first-order valence-corrected chi connectivity index (χ1v) is 8.05. The summed E-state index contributed by atoms with van der Waals surface area (Å²) in [6.45, 7) is 6.18. The number of rotatable bonds is 8. The molecule has 2 rings (SSSR count). The predicted molar refractivity (Wildman–Crippen MR) is 86.8 cm³/mol. The lowest BCUT2D eigenvalue weighted by Crippen LogP contribution is -2.37. The van der Waals surface area contributed by atoms with Crippen molar-refractivity contribution in [2.75, 3.05) is 38.2 Å². The summed E-state index contributed by atoms with van der Waals surface area (Å²) >= 11 is 0. The van der Waals surface area contributed by atoms with Gasteiger partial charge < -0.3 is 20.1 Å². The monoisotopic (exact) mass is 306 g/mol. The van der Waals surface area contributed by atoms with Gasteiger partial charge in [0.05, 0.1) is 25.7 Å². The Labute approximate surface area is 132 Å². The largest absolute Gasteiger partial charge is 0.379 e. The van der Waals surface area contributed by atoms with Crippen LogP contribution in [0.5, 0.6) is 0 Å². The Morgan fingerprint density at radius 3 is 3.00 bits per heavy atom. The molecule has 122 valence electrons. The second kappa shape index (κ2) is 9.56. The van der Waals surface area contributed by atoms with E-state index in [0.717, 1.165) is 37.2 Å². The minimum Gasteiger partial charge on any atom is -0.379 e. The van der Waals surface area contributed by atoms with Crippen molar-refractivity contribution in [3.05, 3.63) is 29.8 Å². The standard InChI is InChI=1S/C17H26N2O3/c1-2-21-9-10-22-13-14-5-3-7-16(11-14)19-17(20)15-6-4-8-18-12-15/h3,5,7,11,15,18H,2,4,6,8-10,12-13H2,1H3,(H,19,20). The molecular formula is C17H26N2O3. The van der Waals surface area contributed by atoms with Crippen molar-refractivity contribution in [3.63, 3.8) is 0 Å². The van der Waals surface area contributed by atoms with Crippen LogP contribution in [0.25, 0.3) is 0 Å². The first-order valence-electron chi connectivity index (χ1n) is 8.05. The van der Waals surface area contributed by atoms with Gasteiger partial charge in [0.15, 0.2) is 0 Å². The zero-order valence-corrected chi connectivity index (χ0v) is 13.3. The fourth-order valence-corrected chi connectivity index (χ4v) is 2.51. The fourth-order valence-electron chi connectivity index (χ4n) is 2.51. The molecule has 5 heteroatoms. The molecular weight excluding hydrogens is 280 g/mol. The molecule has 1 atom stereocenters. The van der Waals surface area contributed by atoms with Crippen molar-refractivity contribution < 1.29 is 14.3 Å². The van der Waals surface area contributed by atoms with Gasteiger partial charge in [-0.05, 0) is 44.0 Å². The third-order valence-electron chi connectivity index (χ3n) is 3.71. The van der Waals surface area contributed by atoms with Crippen LogP contribution in [0.15, 0.2) is 24.3 Å². The summed E-state index contributed by atoms with van der Waals surface area (Å²) in [5.74, 6) is 0.168. The van der Waals surface area contributed by atoms with Gasteiger partial charge in [-0.25, -0.2) is 0 Å². The maximum absolute atomic E-state index is 12.2. The van der Waals surface area contributed by atoms with Crippen LogP contribution in [0, 0.1) is 5.92 Å². The summed E-state index contributed by atoms with van der Waals surface area (Å²) in [5, 5.41) is 6.27. The molecule has 1 amide bonds. The van der Waals surface area contributed by atoms with E-state index < -0.39 is 0 Å². The van der Waals surface area contributed by atoms with E-state index in [4.69, 9.17) is 9.47 Å². The molecule has 0 aromatic heterocycles. The summed E-state index contributed by atoms with van der Waals surface area (Å²) in [4.78, 5) is 12.2. The van der Waals surface area contributed by atoms with Gasteiger partial charge in [-0.15, -0.1) is 0 Å². The molecule has 0 bridgehead atoms. The molecule has 1 heterocycles. The molecule has 22 heavy (non-hydrogen) atoms. The van der Waals surface area contributed by atoms with E-state index in [1.807, 2.05) is 31.2 Å². The highest BCUT2D eigenvalue weighted by atomic mass is 16.5. The van der Waals surface area contributed by atoms with Gasteiger partial charge in [0, 0.05) is 18.8 Å². The molecule has 1 aromatic carbocycles. The topological polar surface area (TPSA) is 59.6 Å². The van der Waals surface area contributed by atoms with Crippen molar-refractivity contribution in [2.24, 2.45) is 5.92 Å². The highest BCUT2D eigenvalue weighted by Crippen LogP contribution is 2.16.